The first-order valence-corrected chi connectivity index (χ1v) is 22.9. The van der Waals surface area contributed by atoms with Gasteiger partial charge in [-0.05, 0) is 0 Å². The van der Waals surface area contributed by atoms with Gasteiger partial charge in [0.1, 0.15) is 0 Å². The van der Waals surface area contributed by atoms with Crippen molar-refractivity contribution in [3.63, 3.8) is 0 Å². The van der Waals surface area contributed by atoms with Gasteiger partial charge < -0.3 is 0 Å². The van der Waals surface area contributed by atoms with Crippen molar-refractivity contribution in [2.75, 3.05) is 6.66 Å². The van der Waals surface area contributed by atoms with E-state index in [1.54, 1.807) is 0 Å². The Kier molecular flexibility index (Phi) is 11.8. The molecule has 0 N–H and O–H groups in total. The van der Waals surface area contributed by atoms with Crippen LogP contribution in [-0.4, -0.2) is 6.66 Å². The van der Waals surface area contributed by atoms with E-state index in [0.717, 1.165) is 0 Å². The van der Waals surface area contributed by atoms with Crippen molar-refractivity contribution in [2.45, 2.75) is 0 Å². The Balaban J connectivity index is 0.000000184. The summed E-state index contributed by atoms with van der Waals surface area (Å²) in [6, 6.07) is 86.4. The Hall–Kier alpha value is -4.91. The van der Waals surface area contributed by atoms with Crippen molar-refractivity contribution in [2.24, 2.45) is 0 Å². The van der Waals surface area contributed by atoms with E-state index in [9.17, 15) is 0 Å². The third-order valence-electron chi connectivity index (χ3n) is 10.8. The van der Waals surface area contributed by atoms with Gasteiger partial charge in [-0.3, -0.25) is 0 Å². The van der Waals surface area contributed by atoms with Crippen molar-refractivity contribution in [3.05, 3.63) is 237 Å². The van der Waals surface area contributed by atoms with Crippen molar-refractivity contribution in [3.8, 4) is 0 Å². The van der Waals surface area contributed by atoms with E-state index in [1.165, 1.54) is 58.7 Å². The molecular formula is C51H45IP2. The number of benzene rings is 9. The van der Waals surface area contributed by atoms with E-state index in [4.69, 9.17) is 0 Å². The molecule has 266 valence electrons. The summed E-state index contributed by atoms with van der Waals surface area (Å²) in [5, 5.41) is 15.3. The van der Waals surface area contributed by atoms with Gasteiger partial charge in [0.15, 0.2) is 0 Å². The Morgan fingerprint density at radius 3 is 0.926 bits per heavy atom. The Morgan fingerprint density at radius 2 is 0.556 bits per heavy atom. The number of hydrogen-bond donors (Lipinski definition) is 0. The van der Waals surface area contributed by atoms with Crippen LogP contribution in [0.4, 0.5) is 0 Å². The molecule has 3 heteroatoms. The van der Waals surface area contributed by atoms with Crippen LogP contribution in [0.5, 0.6) is 0 Å². The predicted molar refractivity (Wildman–Crippen MR) is 256 cm³/mol. The molecule has 0 atom stereocenters. The van der Waals surface area contributed by atoms with Crippen LogP contribution < -0.4 is 37.1 Å². The first-order chi connectivity index (χ1) is 26.2. The van der Waals surface area contributed by atoms with Crippen LogP contribution in [-0.2, 0) is 0 Å². The second-order valence-electron chi connectivity index (χ2n) is 13.8. The molecule has 0 bridgehead atoms. The number of hydrogen-bond acceptors (Lipinski definition) is 0. The van der Waals surface area contributed by atoms with Gasteiger partial charge in [-0.15, -0.1) is 24.0 Å². The molecule has 54 heavy (non-hydrogen) atoms. The molecule has 0 nitrogen and oxygen atoms in total. The Morgan fingerprint density at radius 1 is 0.278 bits per heavy atom. The van der Waals surface area contributed by atoms with E-state index in [-0.39, 0.29) is 24.0 Å². The summed E-state index contributed by atoms with van der Waals surface area (Å²) in [4.78, 5) is 0. The molecule has 0 aliphatic carbocycles. The van der Waals surface area contributed by atoms with Gasteiger partial charge in [0.05, 0.1) is 0 Å². The van der Waals surface area contributed by atoms with E-state index in [0.29, 0.717) is 0 Å². The predicted octanol–water partition coefficient (Wildman–Crippen LogP) is 10.3. The summed E-state index contributed by atoms with van der Waals surface area (Å²) in [6.07, 6.45) is 0. The molecule has 9 aromatic carbocycles. The summed E-state index contributed by atoms with van der Waals surface area (Å²) in [6.45, 7) is 2.44. The fourth-order valence-electron chi connectivity index (χ4n) is 8.21. The maximum absolute atomic E-state index is 2.58. The molecule has 0 saturated heterocycles. The van der Waals surface area contributed by atoms with Crippen LogP contribution in [0.2, 0.25) is 0 Å². The molecule has 0 unspecified atom stereocenters. The Bertz CT molecular complexity index is 2350. The molecule has 0 spiro atoms. The summed E-state index contributed by atoms with van der Waals surface area (Å²) < 4.78 is 0. The van der Waals surface area contributed by atoms with Crippen molar-refractivity contribution in [1.82, 2.24) is 0 Å². The summed E-state index contributed by atoms with van der Waals surface area (Å²) in [5.74, 6) is 0. The molecule has 0 fully saturated rings. The van der Waals surface area contributed by atoms with Gasteiger partial charge in [0.2, 0.25) is 0 Å². The van der Waals surface area contributed by atoms with Crippen LogP contribution in [0, 0.1) is 0 Å². The molecule has 0 aliphatic rings. The number of rotatable bonds is 7. The van der Waals surface area contributed by atoms with Crippen molar-refractivity contribution >= 4 is 97.2 Å². The first-order valence-electron chi connectivity index (χ1n) is 18.4. The van der Waals surface area contributed by atoms with Crippen LogP contribution in [0.15, 0.2) is 237 Å². The zero-order valence-electron chi connectivity index (χ0n) is 30.4. The molecule has 0 radical (unpaired) electrons. The topological polar surface area (TPSA) is 0 Å². The summed E-state index contributed by atoms with van der Waals surface area (Å²) in [5.41, 5.74) is 0. The molecule has 0 aromatic heterocycles. The van der Waals surface area contributed by atoms with Gasteiger partial charge in [0.25, 0.3) is 0 Å². The molecule has 0 saturated carbocycles. The maximum atomic E-state index is 2.47. The normalized spacial score (nSPS) is 11.9. The monoisotopic (exact) mass is 846 g/mol. The van der Waals surface area contributed by atoms with Gasteiger partial charge in [-0.25, -0.2) is 0 Å². The molecule has 0 amide bonds. The van der Waals surface area contributed by atoms with Crippen LogP contribution in [0.1, 0.15) is 0 Å². The van der Waals surface area contributed by atoms with E-state index < -0.39 is 14.5 Å². The third-order valence-corrected chi connectivity index (χ3v) is 20.1. The first kappa shape index (κ1) is 37.4. The third kappa shape index (κ3) is 7.05. The molecular weight excluding hydrogens is 801 g/mol. The zero-order chi connectivity index (χ0) is 35.9. The van der Waals surface area contributed by atoms with E-state index >= 15 is 0 Å². The zero-order valence-corrected chi connectivity index (χ0v) is 34.8. The molecule has 9 aromatic rings. The molecule has 9 rings (SSSR count). The fraction of sp³-hybridized carbons (Fsp3) is 0.0196. The summed E-state index contributed by atoms with van der Waals surface area (Å²) in [7, 11) is -4.46. The van der Waals surface area contributed by atoms with Crippen molar-refractivity contribution < 1.29 is 0 Å². The summed E-state index contributed by atoms with van der Waals surface area (Å²) >= 11 is 0. The quantitative estimate of drug-likeness (QED) is 0.0852. The second kappa shape index (κ2) is 17.0. The van der Waals surface area contributed by atoms with Gasteiger partial charge in [-0.2, -0.15) is 0 Å². The SMILES string of the molecule is C[PH](c1ccccc1)(c1ccccc1)c1ccccc1.I.c1ccc([PH](c2ccccc2)(c2ccccc2)c2cc3ccccc3c3ccccc23)cc1. The Labute approximate surface area is 338 Å². The van der Waals surface area contributed by atoms with Gasteiger partial charge in [-0.1, -0.05) is 0 Å². The van der Waals surface area contributed by atoms with Crippen molar-refractivity contribution in [1.29, 1.82) is 0 Å². The average molecular weight is 847 g/mol. The molecule has 0 aliphatic heterocycles. The fourth-order valence-corrected chi connectivity index (χ4v) is 16.8. The van der Waals surface area contributed by atoms with Crippen LogP contribution >= 0.6 is 38.5 Å². The number of halogens is 1. The standard InChI is InChI=1S/C32H25P.C19H19P.HI/c1-4-15-26(16-5-1)33(27-17-6-2-7-18-27,28-19-8-3-9-20-28)32-24-25-14-10-11-21-29(25)30-22-12-13-23-31(30)32;1-20(17-11-5-2-6-12-17,18-13-7-3-8-14-18)19-15-9-4-10-16-19;/h1-24,33H;2-16,20H,1H3;1H. The minimum absolute atomic E-state index is 0. The van der Waals surface area contributed by atoms with E-state index in [2.05, 4.69) is 243 Å². The second-order valence-corrected chi connectivity index (χ2v) is 21.5. The van der Waals surface area contributed by atoms with Crippen LogP contribution in [0.25, 0.3) is 21.5 Å². The molecule has 0 heterocycles. The van der Waals surface area contributed by atoms with Gasteiger partial charge >= 0.3 is 316 Å². The van der Waals surface area contributed by atoms with Crippen LogP contribution in [0.3, 0.4) is 0 Å². The number of fused-ring (bicyclic) bond motifs is 3. The van der Waals surface area contributed by atoms with Gasteiger partial charge in [0, 0.05) is 0 Å². The minimum atomic E-state index is -2.58. The average Bonchev–Trinajstić information content (AvgIpc) is 3.26. The van der Waals surface area contributed by atoms with E-state index in [1.807, 2.05) is 0 Å².